The molecule has 0 aromatic heterocycles. The Balaban J connectivity index is 1.34. The molecule has 2 aliphatic heterocycles. The standard InChI is InChI=1S/C26H19IN2O6/c1-15-2-6-18(7-3-15)29-25(31)19(24(30)28-26(29)32)10-16-4-8-21(20(27)11-16)33-13-17-5-9-22-23(12-17)35-14-34-22/h2-12H,13-14H2,1H3,(H,28,30,32)/b19-10+. The minimum absolute atomic E-state index is 0.130. The number of urea groups is 1. The molecule has 1 fully saturated rings. The monoisotopic (exact) mass is 582 g/mol. The Kier molecular flexibility index (Phi) is 6.16. The van der Waals surface area contributed by atoms with Crippen molar-refractivity contribution in [2.24, 2.45) is 0 Å². The van der Waals surface area contributed by atoms with Gasteiger partial charge in [0.25, 0.3) is 11.8 Å². The van der Waals surface area contributed by atoms with E-state index in [1.54, 1.807) is 42.5 Å². The molecular weight excluding hydrogens is 563 g/mol. The second-order valence-electron chi connectivity index (χ2n) is 7.96. The number of nitrogens with zero attached hydrogens (tertiary/aromatic N) is 1. The average molecular weight is 582 g/mol. The highest BCUT2D eigenvalue weighted by molar-refractivity contribution is 14.1. The molecule has 176 valence electrons. The third-order valence-corrected chi connectivity index (χ3v) is 6.34. The highest BCUT2D eigenvalue weighted by Gasteiger charge is 2.36. The van der Waals surface area contributed by atoms with Gasteiger partial charge in [0.1, 0.15) is 17.9 Å². The molecule has 4 amide bonds. The normalized spacial score (nSPS) is 16.0. The summed E-state index contributed by atoms with van der Waals surface area (Å²) in [7, 11) is 0. The van der Waals surface area contributed by atoms with Crippen molar-refractivity contribution in [3.63, 3.8) is 0 Å². The van der Waals surface area contributed by atoms with Gasteiger partial charge in [0, 0.05) is 0 Å². The van der Waals surface area contributed by atoms with Crippen molar-refractivity contribution in [2.75, 3.05) is 11.7 Å². The maximum absolute atomic E-state index is 13.1. The van der Waals surface area contributed by atoms with E-state index in [0.717, 1.165) is 19.6 Å². The van der Waals surface area contributed by atoms with Crippen LogP contribution in [0.25, 0.3) is 6.08 Å². The van der Waals surface area contributed by atoms with E-state index in [9.17, 15) is 14.4 Å². The minimum Gasteiger partial charge on any atom is -0.488 e. The summed E-state index contributed by atoms with van der Waals surface area (Å²) in [6.07, 6.45) is 1.47. The van der Waals surface area contributed by atoms with Crippen molar-refractivity contribution in [3.05, 3.63) is 86.5 Å². The number of hydrogen-bond acceptors (Lipinski definition) is 6. The molecule has 0 saturated carbocycles. The van der Waals surface area contributed by atoms with Gasteiger partial charge in [-0.05, 0) is 83.1 Å². The van der Waals surface area contributed by atoms with Gasteiger partial charge in [0.15, 0.2) is 11.5 Å². The Labute approximate surface area is 214 Å². The third kappa shape index (κ3) is 4.72. The molecule has 35 heavy (non-hydrogen) atoms. The SMILES string of the molecule is Cc1ccc(N2C(=O)NC(=O)/C(=C\c3ccc(OCc4ccc5c(c4)OCO5)c(I)c3)C2=O)cc1. The molecule has 0 spiro atoms. The summed E-state index contributed by atoms with van der Waals surface area (Å²) < 4.78 is 17.5. The van der Waals surface area contributed by atoms with E-state index in [0.29, 0.717) is 35.1 Å². The number of carbonyl (C=O) groups excluding carboxylic acids is 3. The first-order valence-corrected chi connectivity index (χ1v) is 11.8. The lowest BCUT2D eigenvalue weighted by Crippen LogP contribution is -2.54. The highest BCUT2D eigenvalue weighted by Crippen LogP contribution is 2.33. The second kappa shape index (κ2) is 9.41. The molecule has 1 saturated heterocycles. The molecule has 0 bridgehead atoms. The van der Waals surface area contributed by atoms with Gasteiger partial charge < -0.3 is 14.2 Å². The number of carbonyl (C=O) groups is 3. The lowest BCUT2D eigenvalue weighted by Gasteiger charge is -2.26. The van der Waals surface area contributed by atoms with E-state index in [1.165, 1.54) is 6.08 Å². The number of anilines is 1. The topological polar surface area (TPSA) is 94.2 Å². The molecule has 9 heteroatoms. The number of fused-ring (bicyclic) bond motifs is 1. The first kappa shape index (κ1) is 22.9. The van der Waals surface area contributed by atoms with Crippen LogP contribution in [0, 0.1) is 10.5 Å². The van der Waals surface area contributed by atoms with Crippen LogP contribution in [-0.4, -0.2) is 24.6 Å². The molecule has 5 rings (SSSR count). The lowest BCUT2D eigenvalue weighted by atomic mass is 10.1. The summed E-state index contributed by atoms with van der Waals surface area (Å²) in [6.45, 7) is 2.45. The van der Waals surface area contributed by atoms with E-state index in [4.69, 9.17) is 14.2 Å². The van der Waals surface area contributed by atoms with Gasteiger partial charge in [-0.2, -0.15) is 0 Å². The van der Waals surface area contributed by atoms with Crippen LogP contribution in [0.5, 0.6) is 17.2 Å². The molecule has 3 aromatic rings. The number of halogens is 1. The Morgan fingerprint density at radius 2 is 1.77 bits per heavy atom. The Bertz CT molecular complexity index is 1380. The zero-order valence-corrected chi connectivity index (χ0v) is 20.7. The molecule has 0 unspecified atom stereocenters. The zero-order valence-electron chi connectivity index (χ0n) is 18.5. The van der Waals surface area contributed by atoms with Gasteiger partial charge in [-0.3, -0.25) is 14.9 Å². The van der Waals surface area contributed by atoms with Gasteiger partial charge in [-0.1, -0.05) is 29.8 Å². The molecule has 0 radical (unpaired) electrons. The van der Waals surface area contributed by atoms with Crippen molar-refractivity contribution in [2.45, 2.75) is 13.5 Å². The molecule has 8 nitrogen and oxygen atoms in total. The largest absolute Gasteiger partial charge is 0.488 e. The van der Waals surface area contributed by atoms with E-state index in [1.807, 2.05) is 25.1 Å². The molecule has 0 atom stereocenters. The quantitative estimate of drug-likeness (QED) is 0.269. The molecule has 2 heterocycles. The number of hydrogen-bond donors (Lipinski definition) is 1. The Morgan fingerprint density at radius 1 is 1.00 bits per heavy atom. The van der Waals surface area contributed by atoms with E-state index in [-0.39, 0.29) is 12.4 Å². The summed E-state index contributed by atoms with van der Waals surface area (Å²) in [5.74, 6) is 0.643. The fourth-order valence-corrected chi connectivity index (χ4v) is 4.36. The average Bonchev–Trinajstić information content (AvgIpc) is 3.30. The highest BCUT2D eigenvalue weighted by atomic mass is 127. The predicted octanol–water partition coefficient (Wildman–Crippen LogP) is 4.57. The number of nitrogens with one attached hydrogen (secondary N) is 1. The number of barbiturate groups is 1. The van der Waals surface area contributed by atoms with Crippen molar-refractivity contribution < 1.29 is 28.6 Å². The second-order valence-corrected chi connectivity index (χ2v) is 9.12. The van der Waals surface area contributed by atoms with Crippen LogP contribution < -0.4 is 24.4 Å². The first-order valence-electron chi connectivity index (χ1n) is 10.7. The summed E-state index contributed by atoms with van der Waals surface area (Å²) >= 11 is 2.13. The van der Waals surface area contributed by atoms with Crippen molar-refractivity contribution >= 4 is 52.2 Å². The summed E-state index contributed by atoms with van der Waals surface area (Å²) in [6, 6.07) is 17.1. The third-order valence-electron chi connectivity index (χ3n) is 5.49. The van der Waals surface area contributed by atoms with Crippen LogP contribution >= 0.6 is 22.6 Å². The van der Waals surface area contributed by atoms with Crippen LogP contribution in [0.4, 0.5) is 10.5 Å². The van der Waals surface area contributed by atoms with Gasteiger partial charge in [-0.25, -0.2) is 9.69 Å². The minimum atomic E-state index is -0.775. The van der Waals surface area contributed by atoms with Crippen LogP contribution in [0.15, 0.2) is 66.2 Å². The van der Waals surface area contributed by atoms with Crippen LogP contribution in [-0.2, 0) is 16.2 Å². The van der Waals surface area contributed by atoms with Crippen molar-refractivity contribution in [1.29, 1.82) is 0 Å². The van der Waals surface area contributed by atoms with E-state index in [2.05, 4.69) is 27.9 Å². The number of ether oxygens (including phenoxy) is 3. The number of amides is 4. The maximum Gasteiger partial charge on any atom is 0.335 e. The molecule has 1 N–H and O–H groups in total. The molecule has 3 aromatic carbocycles. The Morgan fingerprint density at radius 3 is 2.54 bits per heavy atom. The maximum atomic E-state index is 13.1. The van der Waals surface area contributed by atoms with E-state index >= 15 is 0 Å². The Hall–Kier alpha value is -3.86. The summed E-state index contributed by atoms with van der Waals surface area (Å²) in [4.78, 5) is 38.8. The first-order chi connectivity index (χ1) is 16.9. The zero-order chi connectivity index (χ0) is 24.5. The number of aryl methyl sites for hydroxylation is 1. The number of benzene rings is 3. The lowest BCUT2D eigenvalue weighted by molar-refractivity contribution is -0.122. The molecule has 0 aliphatic carbocycles. The van der Waals surface area contributed by atoms with Crippen molar-refractivity contribution in [3.8, 4) is 17.2 Å². The smallest absolute Gasteiger partial charge is 0.335 e. The molecule has 2 aliphatic rings. The summed E-state index contributed by atoms with van der Waals surface area (Å²) in [5, 5.41) is 2.24. The van der Waals surface area contributed by atoms with Crippen LogP contribution in [0.1, 0.15) is 16.7 Å². The fraction of sp³-hybridized carbons (Fsp3) is 0.115. The van der Waals surface area contributed by atoms with Gasteiger partial charge in [0.2, 0.25) is 6.79 Å². The van der Waals surface area contributed by atoms with Crippen LogP contribution in [0.3, 0.4) is 0 Å². The summed E-state index contributed by atoms with van der Waals surface area (Å²) in [5.41, 5.74) is 2.80. The number of imide groups is 2. The predicted molar refractivity (Wildman–Crippen MR) is 136 cm³/mol. The molecular formula is C26H19IN2O6. The van der Waals surface area contributed by atoms with Gasteiger partial charge >= 0.3 is 6.03 Å². The van der Waals surface area contributed by atoms with E-state index < -0.39 is 17.8 Å². The number of rotatable bonds is 5. The van der Waals surface area contributed by atoms with Crippen molar-refractivity contribution in [1.82, 2.24) is 5.32 Å². The van der Waals surface area contributed by atoms with Gasteiger partial charge in [-0.15, -0.1) is 0 Å². The fourth-order valence-electron chi connectivity index (χ4n) is 3.67. The van der Waals surface area contributed by atoms with Gasteiger partial charge in [0.05, 0.1) is 9.26 Å². The van der Waals surface area contributed by atoms with Crippen LogP contribution in [0.2, 0.25) is 0 Å².